The van der Waals surface area contributed by atoms with Gasteiger partial charge in [0.1, 0.15) is 17.9 Å². The van der Waals surface area contributed by atoms with Gasteiger partial charge < -0.3 is 14.3 Å². The van der Waals surface area contributed by atoms with Crippen molar-refractivity contribution in [2.24, 2.45) is 0 Å². The molecular formula is C15H23N5O. The molecule has 0 unspecified atom stereocenters. The van der Waals surface area contributed by atoms with Crippen LogP contribution in [0.25, 0.3) is 0 Å². The molecule has 2 aromatic heterocycles. The highest BCUT2D eigenvalue weighted by molar-refractivity contribution is 5.17. The highest BCUT2D eigenvalue weighted by Crippen LogP contribution is 2.18. The molecule has 0 aromatic carbocycles. The Kier molecular flexibility index (Phi) is 3.82. The molecule has 0 bridgehead atoms. The molecule has 6 heteroatoms. The van der Waals surface area contributed by atoms with E-state index < -0.39 is 0 Å². The normalized spacial score (nSPS) is 16.1. The molecule has 0 spiro atoms. The number of fused-ring (bicyclic) bond motifs is 1. The number of aromatic nitrogens is 3. The van der Waals surface area contributed by atoms with Crippen LogP contribution in [0.3, 0.4) is 0 Å². The molecule has 0 atom stereocenters. The van der Waals surface area contributed by atoms with E-state index >= 15 is 0 Å². The summed E-state index contributed by atoms with van der Waals surface area (Å²) in [4.78, 5) is 2.35. The molecule has 1 N–H and O–H groups in total. The van der Waals surface area contributed by atoms with E-state index in [0.717, 1.165) is 44.3 Å². The van der Waals surface area contributed by atoms with Crippen molar-refractivity contribution >= 4 is 0 Å². The molecule has 114 valence electrons. The quantitative estimate of drug-likeness (QED) is 0.929. The Hall–Kier alpha value is -1.66. The predicted molar refractivity (Wildman–Crippen MR) is 79.4 cm³/mol. The maximum atomic E-state index is 5.68. The molecule has 0 saturated heterocycles. The molecular weight excluding hydrogens is 266 g/mol. The summed E-state index contributed by atoms with van der Waals surface area (Å²) in [7, 11) is 0. The van der Waals surface area contributed by atoms with Crippen molar-refractivity contribution in [1.82, 2.24) is 25.0 Å². The van der Waals surface area contributed by atoms with E-state index in [9.17, 15) is 0 Å². The molecule has 3 heterocycles. The summed E-state index contributed by atoms with van der Waals surface area (Å²) in [5, 5.41) is 11.6. The Morgan fingerprint density at radius 1 is 1.33 bits per heavy atom. The number of hydrogen-bond acceptors (Lipinski definition) is 5. The summed E-state index contributed by atoms with van der Waals surface area (Å²) in [6, 6.07) is 2.06. The number of nitrogens with zero attached hydrogens (tertiary/aromatic N) is 4. The predicted octanol–water partition coefficient (Wildman–Crippen LogP) is 1.77. The molecule has 1 aliphatic rings. The van der Waals surface area contributed by atoms with Crippen LogP contribution in [0.4, 0.5) is 0 Å². The number of nitrogens with one attached hydrogen (secondary N) is 1. The van der Waals surface area contributed by atoms with Crippen LogP contribution in [0.1, 0.15) is 37.9 Å². The van der Waals surface area contributed by atoms with Gasteiger partial charge in [0.2, 0.25) is 0 Å². The first-order valence-corrected chi connectivity index (χ1v) is 7.40. The highest BCUT2D eigenvalue weighted by atomic mass is 16.3. The van der Waals surface area contributed by atoms with E-state index in [1.807, 2.05) is 0 Å². The Bertz CT molecular complexity index is 595. The maximum Gasteiger partial charge on any atom is 0.147 e. The largest absolute Gasteiger partial charge is 0.468 e. The van der Waals surface area contributed by atoms with Gasteiger partial charge in [-0.25, -0.2) is 0 Å². The van der Waals surface area contributed by atoms with Gasteiger partial charge in [-0.1, -0.05) is 0 Å². The fourth-order valence-electron chi connectivity index (χ4n) is 2.48. The lowest BCUT2D eigenvalue weighted by atomic mass is 10.1. The minimum absolute atomic E-state index is 0.107. The second-order valence-corrected chi connectivity index (χ2v) is 6.62. The van der Waals surface area contributed by atoms with Gasteiger partial charge in [-0.05, 0) is 26.8 Å². The Labute approximate surface area is 125 Å². The third kappa shape index (κ3) is 3.51. The van der Waals surface area contributed by atoms with Crippen molar-refractivity contribution in [2.45, 2.75) is 52.5 Å². The summed E-state index contributed by atoms with van der Waals surface area (Å²) in [5.41, 5.74) is 1.34. The fraction of sp³-hybridized carbons (Fsp3) is 0.600. The van der Waals surface area contributed by atoms with E-state index in [0.29, 0.717) is 0 Å². The van der Waals surface area contributed by atoms with Gasteiger partial charge in [-0.15, -0.1) is 10.2 Å². The van der Waals surface area contributed by atoms with E-state index in [1.165, 1.54) is 5.56 Å². The first-order chi connectivity index (χ1) is 10.0. The van der Waals surface area contributed by atoms with Gasteiger partial charge in [0.05, 0.1) is 19.4 Å². The molecule has 0 radical (unpaired) electrons. The van der Waals surface area contributed by atoms with Gasteiger partial charge in [-0.3, -0.25) is 4.90 Å². The van der Waals surface area contributed by atoms with E-state index in [2.05, 4.69) is 51.8 Å². The Balaban J connectivity index is 1.62. The van der Waals surface area contributed by atoms with Gasteiger partial charge in [0.25, 0.3) is 0 Å². The standard InChI is InChI=1S/C15H23N5O/c1-15(2,3)16-8-12-4-7-21-13(12)9-19-5-6-20-11-17-18-14(20)10-19/h4,7,11,16H,5-6,8-10H2,1-3H3. The van der Waals surface area contributed by atoms with Crippen LogP contribution < -0.4 is 5.32 Å². The van der Waals surface area contributed by atoms with E-state index in [4.69, 9.17) is 4.42 Å². The number of furan rings is 1. The third-order valence-electron chi connectivity index (χ3n) is 3.73. The van der Waals surface area contributed by atoms with Crippen molar-refractivity contribution in [3.63, 3.8) is 0 Å². The van der Waals surface area contributed by atoms with Crippen LogP contribution in [0.5, 0.6) is 0 Å². The SMILES string of the molecule is CC(C)(C)NCc1ccoc1CN1CCn2cnnc2C1. The van der Waals surface area contributed by atoms with E-state index in [1.54, 1.807) is 12.6 Å². The minimum atomic E-state index is 0.107. The smallest absolute Gasteiger partial charge is 0.147 e. The number of hydrogen-bond donors (Lipinski definition) is 1. The molecule has 0 aliphatic carbocycles. The molecule has 2 aromatic rings. The maximum absolute atomic E-state index is 5.68. The molecule has 6 nitrogen and oxygen atoms in total. The zero-order chi connectivity index (χ0) is 14.9. The number of rotatable bonds is 4. The van der Waals surface area contributed by atoms with Crippen molar-refractivity contribution in [3.05, 3.63) is 35.8 Å². The summed E-state index contributed by atoms with van der Waals surface area (Å²) in [6.07, 6.45) is 3.58. The summed E-state index contributed by atoms with van der Waals surface area (Å²) >= 11 is 0. The lowest BCUT2D eigenvalue weighted by Gasteiger charge is -2.26. The Morgan fingerprint density at radius 3 is 3.00 bits per heavy atom. The first-order valence-electron chi connectivity index (χ1n) is 7.40. The van der Waals surface area contributed by atoms with Gasteiger partial charge >= 0.3 is 0 Å². The van der Waals surface area contributed by atoms with Crippen molar-refractivity contribution in [2.75, 3.05) is 6.54 Å². The fourth-order valence-corrected chi connectivity index (χ4v) is 2.48. The molecule has 1 aliphatic heterocycles. The third-order valence-corrected chi connectivity index (χ3v) is 3.73. The van der Waals surface area contributed by atoms with Gasteiger partial charge in [0, 0.05) is 30.7 Å². The molecule has 0 amide bonds. The van der Waals surface area contributed by atoms with Crippen LogP contribution in [-0.2, 0) is 26.2 Å². The van der Waals surface area contributed by atoms with Crippen LogP contribution in [0.2, 0.25) is 0 Å². The second kappa shape index (κ2) is 5.61. The van der Waals surface area contributed by atoms with E-state index in [-0.39, 0.29) is 5.54 Å². The zero-order valence-corrected chi connectivity index (χ0v) is 13.0. The average Bonchev–Trinajstić information content (AvgIpc) is 3.04. The minimum Gasteiger partial charge on any atom is -0.468 e. The highest BCUT2D eigenvalue weighted by Gasteiger charge is 2.20. The van der Waals surface area contributed by atoms with Crippen LogP contribution in [-0.4, -0.2) is 31.7 Å². The summed E-state index contributed by atoms with van der Waals surface area (Å²) in [6.45, 7) is 10.9. The van der Waals surface area contributed by atoms with Crippen molar-refractivity contribution in [1.29, 1.82) is 0 Å². The van der Waals surface area contributed by atoms with Crippen molar-refractivity contribution < 1.29 is 4.42 Å². The van der Waals surface area contributed by atoms with Crippen molar-refractivity contribution in [3.8, 4) is 0 Å². The second-order valence-electron chi connectivity index (χ2n) is 6.62. The lowest BCUT2D eigenvalue weighted by molar-refractivity contribution is 0.192. The first kappa shape index (κ1) is 14.3. The summed E-state index contributed by atoms with van der Waals surface area (Å²) in [5.74, 6) is 2.07. The van der Waals surface area contributed by atoms with Crippen LogP contribution in [0.15, 0.2) is 23.1 Å². The summed E-state index contributed by atoms with van der Waals surface area (Å²) < 4.78 is 7.79. The molecule has 0 saturated carbocycles. The average molecular weight is 289 g/mol. The molecule has 0 fully saturated rings. The van der Waals surface area contributed by atoms with Gasteiger partial charge in [-0.2, -0.15) is 0 Å². The zero-order valence-electron chi connectivity index (χ0n) is 13.0. The van der Waals surface area contributed by atoms with Crippen LogP contribution >= 0.6 is 0 Å². The Morgan fingerprint density at radius 2 is 2.19 bits per heavy atom. The molecule has 21 heavy (non-hydrogen) atoms. The van der Waals surface area contributed by atoms with Gasteiger partial charge in [0.15, 0.2) is 0 Å². The topological polar surface area (TPSA) is 59.1 Å². The monoisotopic (exact) mass is 289 g/mol. The molecule has 3 rings (SSSR count). The van der Waals surface area contributed by atoms with Crippen LogP contribution in [0, 0.1) is 0 Å². The lowest BCUT2D eigenvalue weighted by Crippen LogP contribution is -2.36.